The Kier molecular flexibility index (Phi) is 12.3. The molecule has 0 fully saturated rings. The Balaban J connectivity index is 1.81. The summed E-state index contributed by atoms with van der Waals surface area (Å²) in [6.45, 7) is 3.46. The molecular weight excluding hydrogens is 573 g/mol. The van der Waals surface area contributed by atoms with Gasteiger partial charge in [0.1, 0.15) is 17.2 Å². The molecule has 0 bridgehead atoms. The van der Waals surface area contributed by atoms with E-state index in [4.69, 9.17) is 9.47 Å². The van der Waals surface area contributed by atoms with Gasteiger partial charge in [-0.2, -0.15) is 4.99 Å². The standard InChI is InChI=1S/C29H35F3N4O5S/c1-4-5-6-7-15-33-27(38)34-16-8-17-36-24(20-9-11-21(12-10-20)41-29(30,31)32)19-42-28(36)35-26(37)23-14-13-22(39-2)18-25(23)40-3/h9-14,18-19H,4-8,15-17H2,1-3H3,(H2,33,34,38). The number of amides is 3. The quantitative estimate of drug-likeness (QED) is 0.214. The summed E-state index contributed by atoms with van der Waals surface area (Å²) in [5.41, 5.74) is 1.49. The van der Waals surface area contributed by atoms with Crippen LogP contribution in [-0.4, -0.2) is 50.2 Å². The monoisotopic (exact) mass is 608 g/mol. The zero-order valence-corrected chi connectivity index (χ0v) is 24.6. The summed E-state index contributed by atoms with van der Waals surface area (Å²) >= 11 is 1.21. The maximum absolute atomic E-state index is 13.2. The van der Waals surface area contributed by atoms with Crippen molar-refractivity contribution in [3.63, 3.8) is 0 Å². The van der Waals surface area contributed by atoms with Crippen molar-refractivity contribution in [1.29, 1.82) is 0 Å². The fraction of sp³-hybridized carbons (Fsp3) is 0.414. The second kappa shape index (κ2) is 15.9. The highest BCUT2D eigenvalue weighted by atomic mass is 32.1. The Morgan fingerprint density at radius 1 is 0.929 bits per heavy atom. The normalized spacial score (nSPS) is 11.7. The molecule has 2 N–H and O–H groups in total. The molecule has 0 atom stereocenters. The largest absolute Gasteiger partial charge is 0.573 e. The predicted molar refractivity (Wildman–Crippen MR) is 154 cm³/mol. The number of ether oxygens (including phenoxy) is 3. The first-order valence-electron chi connectivity index (χ1n) is 13.5. The molecule has 0 aliphatic carbocycles. The highest BCUT2D eigenvalue weighted by Crippen LogP contribution is 2.28. The van der Waals surface area contributed by atoms with Crippen LogP contribution in [0.15, 0.2) is 52.8 Å². The number of alkyl halides is 3. The van der Waals surface area contributed by atoms with E-state index in [-0.39, 0.29) is 17.3 Å². The fourth-order valence-corrected chi connectivity index (χ4v) is 5.00. The average molecular weight is 609 g/mol. The van der Waals surface area contributed by atoms with Gasteiger partial charge in [-0.25, -0.2) is 4.79 Å². The van der Waals surface area contributed by atoms with Crippen molar-refractivity contribution < 1.29 is 37.0 Å². The van der Waals surface area contributed by atoms with E-state index in [1.54, 1.807) is 28.1 Å². The molecule has 3 aromatic rings. The van der Waals surface area contributed by atoms with Crippen LogP contribution in [0.5, 0.6) is 17.2 Å². The molecule has 1 aromatic heterocycles. The lowest BCUT2D eigenvalue weighted by atomic mass is 10.1. The Labute approximate surface area is 246 Å². The summed E-state index contributed by atoms with van der Waals surface area (Å²) in [5.74, 6) is -0.0558. The second-order valence-corrected chi connectivity index (χ2v) is 10.0. The van der Waals surface area contributed by atoms with Gasteiger partial charge in [-0.05, 0) is 54.8 Å². The smallest absolute Gasteiger partial charge is 0.497 e. The number of halogens is 3. The van der Waals surface area contributed by atoms with Gasteiger partial charge in [0.25, 0.3) is 5.91 Å². The first kappa shape index (κ1) is 32.5. The molecule has 0 aliphatic rings. The van der Waals surface area contributed by atoms with Crippen LogP contribution in [0.4, 0.5) is 18.0 Å². The van der Waals surface area contributed by atoms with E-state index in [0.29, 0.717) is 53.6 Å². The van der Waals surface area contributed by atoms with Crippen LogP contribution in [0.1, 0.15) is 49.4 Å². The second-order valence-electron chi connectivity index (χ2n) is 9.21. The van der Waals surface area contributed by atoms with Crippen molar-refractivity contribution >= 4 is 23.3 Å². The number of unbranched alkanes of at least 4 members (excludes halogenated alkanes) is 3. The molecule has 3 amide bonds. The lowest BCUT2D eigenvalue weighted by molar-refractivity contribution is -0.274. The topological polar surface area (TPSA) is 103 Å². The minimum Gasteiger partial charge on any atom is -0.497 e. The van der Waals surface area contributed by atoms with E-state index in [1.165, 1.54) is 49.8 Å². The molecule has 3 rings (SSSR count). The van der Waals surface area contributed by atoms with E-state index in [2.05, 4.69) is 27.3 Å². The third-order valence-electron chi connectivity index (χ3n) is 6.18. The number of rotatable bonds is 14. The molecule has 0 saturated heterocycles. The van der Waals surface area contributed by atoms with E-state index in [1.807, 2.05) is 0 Å². The maximum Gasteiger partial charge on any atom is 0.573 e. The highest BCUT2D eigenvalue weighted by Gasteiger charge is 2.31. The van der Waals surface area contributed by atoms with Crippen molar-refractivity contribution in [3.8, 4) is 28.5 Å². The highest BCUT2D eigenvalue weighted by molar-refractivity contribution is 7.07. The van der Waals surface area contributed by atoms with E-state index in [9.17, 15) is 22.8 Å². The first-order chi connectivity index (χ1) is 20.1. The number of hydrogen-bond donors (Lipinski definition) is 2. The molecule has 0 spiro atoms. The first-order valence-corrected chi connectivity index (χ1v) is 14.4. The van der Waals surface area contributed by atoms with Gasteiger partial charge in [-0.3, -0.25) is 4.79 Å². The molecule has 228 valence electrons. The number of carbonyl (C=O) groups excluding carboxylic acids is 2. The number of aromatic nitrogens is 1. The van der Waals surface area contributed by atoms with Crippen molar-refractivity contribution in [1.82, 2.24) is 15.2 Å². The third-order valence-corrected chi connectivity index (χ3v) is 7.04. The maximum atomic E-state index is 13.2. The zero-order valence-electron chi connectivity index (χ0n) is 23.8. The predicted octanol–water partition coefficient (Wildman–Crippen LogP) is 6.14. The molecule has 0 radical (unpaired) electrons. The molecule has 2 aromatic carbocycles. The average Bonchev–Trinajstić information content (AvgIpc) is 3.36. The van der Waals surface area contributed by atoms with E-state index >= 15 is 0 Å². The minimum absolute atomic E-state index is 0.241. The van der Waals surface area contributed by atoms with Crippen LogP contribution in [0.2, 0.25) is 0 Å². The SMILES string of the molecule is CCCCCCNC(=O)NCCCn1c(-c2ccc(OC(F)(F)F)cc2)csc1=NC(=O)c1ccc(OC)cc1OC. The summed E-state index contributed by atoms with van der Waals surface area (Å²) in [6, 6.07) is 9.97. The number of benzene rings is 2. The van der Waals surface area contributed by atoms with Crippen LogP contribution in [0, 0.1) is 0 Å². The number of nitrogens with zero attached hydrogens (tertiary/aromatic N) is 2. The number of carbonyl (C=O) groups is 2. The van der Waals surface area contributed by atoms with E-state index < -0.39 is 12.3 Å². The number of thiazole rings is 1. The van der Waals surface area contributed by atoms with Gasteiger partial charge in [-0.15, -0.1) is 24.5 Å². The molecule has 1 heterocycles. The fourth-order valence-electron chi connectivity index (χ4n) is 4.07. The van der Waals surface area contributed by atoms with Crippen LogP contribution >= 0.6 is 11.3 Å². The van der Waals surface area contributed by atoms with Gasteiger partial charge in [0, 0.05) is 31.1 Å². The summed E-state index contributed by atoms with van der Waals surface area (Å²) < 4.78 is 54.2. The Morgan fingerprint density at radius 2 is 1.62 bits per heavy atom. The van der Waals surface area contributed by atoms with Gasteiger partial charge < -0.3 is 29.4 Å². The van der Waals surface area contributed by atoms with Crippen LogP contribution in [-0.2, 0) is 6.54 Å². The summed E-state index contributed by atoms with van der Waals surface area (Å²) in [6.07, 6.45) is -0.0652. The lowest BCUT2D eigenvalue weighted by Crippen LogP contribution is -2.37. The molecule has 0 unspecified atom stereocenters. The molecule has 13 heteroatoms. The Bertz CT molecular complexity index is 1390. The summed E-state index contributed by atoms with van der Waals surface area (Å²) in [4.78, 5) is 30.0. The van der Waals surface area contributed by atoms with Gasteiger partial charge >= 0.3 is 12.4 Å². The Morgan fingerprint density at radius 3 is 2.26 bits per heavy atom. The molecule has 0 aliphatic heterocycles. The summed E-state index contributed by atoms with van der Waals surface area (Å²) in [5, 5.41) is 7.44. The van der Waals surface area contributed by atoms with Crippen molar-refractivity contribution in [2.75, 3.05) is 27.3 Å². The summed E-state index contributed by atoms with van der Waals surface area (Å²) in [7, 11) is 2.94. The van der Waals surface area contributed by atoms with Gasteiger partial charge in [-0.1, -0.05) is 26.2 Å². The van der Waals surface area contributed by atoms with E-state index in [0.717, 1.165) is 25.7 Å². The van der Waals surface area contributed by atoms with Crippen LogP contribution < -0.4 is 29.6 Å². The van der Waals surface area contributed by atoms with Gasteiger partial charge in [0.05, 0.1) is 25.5 Å². The number of hydrogen-bond acceptors (Lipinski definition) is 6. The van der Waals surface area contributed by atoms with Crippen molar-refractivity contribution in [2.24, 2.45) is 4.99 Å². The molecule has 0 saturated carbocycles. The Hall–Kier alpha value is -4.00. The number of nitrogens with one attached hydrogen (secondary N) is 2. The molecule has 42 heavy (non-hydrogen) atoms. The van der Waals surface area contributed by atoms with Gasteiger partial charge in [0.15, 0.2) is 4.80 Å². The van der Waals surface area contributed by atoms with Crippen LogP contribution in [0.25, 0.3) is 11.3 Å². The van der Waals surface area contributed by atoms with Crippen LogP contribution in [0.3, 0.4) is 0 Å². The number of urea groups is 1. The van der Waals surface area contributed by atoms with Crippen molar-refractivity contribution in [3.05, 3.63) is 58.2 Å². The zero-order chi connectivity index (χ0) is 30.5. The molecule has 9 nitrogen and oxygen atoms in total. The van der Waals surface area contributed by atoms with Crippen molar-refractivity contribution in [2.45, 2.75) is 51.9 Å². The lowest BCUT2D eigenvalue weighted by Gasteiger charge is -2.12. The third kappa shape index (κ3) is 9.82. The minimum atomic E-state index is -4.80. The molecular formula is C29H35F3N4O5S. The van der Waals surface area contributed by atoms with Gasteiger partial charge in [0.2, 0.25) is 0 Å². The number of methoxy groups -OCH3 is 2.